The Morgan fingerprint density at radius 1 is 1.08 bits per heavy atom. The van der Waals surface area contributed by atoms with Gasteiger partial charge in [0.25, 0.3) is 0 Å². The van der Waals surface area contributed by atoms with Gasteiger partial charge < -0.3 is 14.4 Å². The SMILES string of the molecule is COc1cc2c(cc1OC)C(=O)/C(=C/c1ccc(N(C)C)c(Br)c1)C2. The molecule has 1 aliphatic rings. The van der Waals surface area contributed by atoms with Gasteiger partial charge in [0, 0.05) is 36.1 Å². The number of hydrogen-bond donors (Lipinski definition) is 0. The molecule has 25 heavy (non-hydrogen) atoms. The molecule has 130 valence electrons. The lowest BCUT2D eigenvalue weighted by molar-refractivity contribution is 0.104. The zero-order valence-electron chi connectivity index (χ0n) is 14.7. The van der Waals surface area contributed by atoms with E-state index in [1.165, 1.54) is 0 Å². The number of halogens is 1. The van der Waals surface area contributed by atoms with Gasteiger partial charge in [-0.1, -0.05) is 6.07 Å². The van der Waals surface area contributed by atoms with Gasteiger partial charge in [0.15, 0.2) is 17.3 Å². The molecule has 0 saturated heterocycles. The lowest BCUT2D eigenvalue weighted by atomic mass is 10.1. The standard InChI is InChI=1S/C20H20BrNO3/c1-22(2)17-6-5-12(8-16(17)21)7-14-9-13-10-18(24-3)19(25-4)11-15(13)20(14)23/h5-8,10-11H,9H2,1-4H3/b14-7+. The van der Waals surface area contributed by atoms with Crippen LogP contribution in [0, 0.1) is 0 Å². The molecule has 0 aliphatic heterocycles. The molecule has 2 aromatic rings. The van der Waals surface area contributed by atoms with Crippen molar-refractivity contribution in [3.05, 3.63) is 57.1 Å². The number of nitrogens with zero attached hydrogens (tertiary/aromatic N) is 1. The van der Waals surface area contributed by atoms with E-state index in [1.807, 2.05) is 49.3 Å². The largest absolute Gasteiger partial charge is 0.493 e. The molecule has 0 fully saturated rings. The van der Waals surface area contributed by atoms with Crippen LogP contribution in [0.1, 0.15) is 21.5 Å². The third-order valence-electron chi connectivity index (χ3n) is 4.32. The zero-order chi connectivity index (χ0) is 18.1. The van der Waals surface area contributed by atoms with E-state index in [0.717, 1.165) is 26.9 Å². The molecule has 0 radical (unpaired) electrons. The molecule has 0 bridgehead atoms. The molecule has 2 aromatic carbocycles. The second-order valence-corrected chi connectivity index (χ2v) is 7.00. The number of anilines is 1. The highest BCUT2D eigenvalue weighted by molar-refractivity contribution is 9.10. The van der Waals surface area contributed by atoms with Crippen molar-refractivity contribution in [1.29, 1.82) is 0 Å². The van der Waals surface area contributed by atoms with Gasteiger partial charge in [0.2, 0.25) is 0 Å². The summed E-state index contributed by atoms with van der Waals surface area (Å²) in [5.74, 6) is 1.27. The minimum atomic E-state index is 0.0451. The number of carbonyl (C=O) groups excluding carboxylic acids is 1. The van der Waals surface area contributed by atoms with Crippen LogP contribution >= 0.6 is 15.9 Å². The molecular weight excluding hydrogens is 382 g/mol. The number of ketones is 1. The fraction of sp³-hybridized carbons (Fsp3) is 0.250. The van der Waals surface area contributed by atoms with E-state index in [2.05, 4.69) is 15.9 Å². The van der Waals surface area contributed by atoms with Crippen LogP contribution in [0.3, 0.4) is 0 Å². The monoisotopic (exact) mass is 401 g/mol. The van der Waals surface area contributed by atoms with Gasteiger partial charge in [0.05, 0.1) is 19.9 Å². The molecule has 0 amide bonds. The van der Waals surface area contributed by atoms with E-state index in [9.17, 15) is 4.79 Å². The van der Waals surface area contributed by atoms with Gasteiger partial charge in [0.1, 0.15) is 0 Å². The fourth-order valence-electron chi connectivity index (χ4n) is 3.03. The molecule has 0 saturated carbocycles. The van der Waals surface area contributed by atoms with Crippen molar-refractivity contribution >= 4 is 33.5 Å². The predicted octanol–water partition coefficient (Wildman–Crippen LogP) is 4.35. The van der Waals surface area contributed by atoms with Crippen LogP contribution in [0.25, 0.3) is 6.08 Å². The highest BCUT2D eigenvalue weighted by Gasteiger charge is 2.27. The van der Waals surface area contributed by atoms with E-state index >= 15 is 0 Å². The Balaban J connectivity index is 1.96. The van der Waals surface area contributed by atoms with E-state index in [4.69, 9.17) is 9.47 Å². The first-order valence-electron chi connectivity index (χ1n) is 7.91. The summed E-state index contributed by atoms with van der Waals surface area (Å²) in [5, 5.41) is 0. The van der Waals surface area contributed by atoms with Gasteiger partial charge in [-0.3, -0.25) is 4.79 Å². The molecule has 0 N–H and O–H groups in total. The van der Waals surface area contributed by atoms with Crippen molar-refractivity contribution in [3.8, 4) is 11.5 Å². The van der Waals surface area contributed by atoms with E-state index < -0.39 is 0 Å². The Kier molecular flexibility index (Phi) is 4.86. The first kappa shape index (κ1) is 17.5. The Hall–Kier alpha value is -2.27. The Bertz CT molecular complexity index is 871. The minimum absolute atomic E-state index is 0.0451. The van der Waals surface area contributed by atoms with Gasteiger partial charge in [-0.25, -0.2) is 0 Å². The fourth-order valence-corrected chi connectivity index (χ4v) is 3.78. The second kappa shape index (κ2) is 6.92. The third kappa shape index (κ3) is 3.29. The average Bonchev–Trinajstić information content (AvgIpc) is 2.88. The summed E-state index contributed by atoms with van der Waals surface area (Å²) in [7, 11) is 7.16. The number of rotatable bonds is 4. The summed E-state index contributed by atoms with van der Waals surface area (Å²) >= 11 is 3.59. The number of fused-ring (bicyclic) bond motifs is 1. The first-order chi connectivity index (χ1) is 11.9. The number of Topliss-reactive ketones (excluding diaryl/α,β-unsaturated/α-hetero) is 1. The van der Waals surface area contributed by atoms with Crippen LogP contribution < -0.4 is 14.4 Å². The van der Waals surface area contributed by atoms with Gasteiger partial charge in [-0.05, 0) is 57.4 Å². The summed E-state index contributed by atoms with van der Waals surface area (Å²) < 4.78 is 11.6. The van der Waals surface area contributed by atoms with E-state index in [1.54, 1.807) is 20.3 Å². The van der Waals surface area contributed by atoms with Crippen LogP contribution in [0.15, 0.2) is 40.4 Å². The van der Waals surface area contributed by atoms with Crippen LogP contribution in [-0.2, 0) is 6.42 Å². The quantitative estimate of drug-likeness (QED) is 0.713. The molecule has 0 aromatic heterocycles. The maximum absolute atomic E-state index is 12.7. The van der Waals surface area contributed by atoms with Crippen LogP contribution in [0.2, 0.25) is 0 Å². The average molecular weight is 402 g/mol. The topological polar surface area (TPSA) is 38.8 Å². The highest BCUT2D eigenvalue weighted by Crippen LogP contribution is 2.37. The minimum Gasteiger partial charge on any atom is -0.493 e. The molecule has 5 heteroatoms. The molecule has 0 spiro atoms. The van der Waals surface area contributed by atoms with E-state index in [0.29, 0.717) is 23.5 Å². The van der Waals surface area contributed by atoms with Crippen molar-refractivity contribution < 1.29 is 14.3 Å². The van der Waals surface area contributed by atoms with Crippen LogP contribution in [0.4, 0.5) is 5.69 Å². The highest BCUT2D eigenvalue weighted by atomic mass is 79.9. The number of carbonyl (C=O) groups is 1. The van der Waals surface area contributed by atoms with Crippen molar-refractivity contribution in [2.75, 3.05) is 33.2 Å². The molecular formula is C20H20BrNO3. The van der Waals surface area contributed by atoms with Crippen molar-refractivity contribution in [2.45, 2.75) is 6.42 Å². The molecule has 0 atom stereocenters. The first-order valence-corrected chi connectivity index (χ1v) is 8.71. The van der Waals surface area contributed by atoms with Gasteiger partial charge in [-0.2, -0.15) is 0 Å². The lowest BCUT2D eigenvalue weighted by Crippen LogP contribution is -2.09. The molecule has 1 aliphatic carbocycles. The number of allylic oxidation sites excluding steroid dienone is 1. The van der Waals surface area contributed by atoms with E-state index in [-0.39, 0.29) is 5.78 Å². The number of methoxy groups -OCH3 is 2. The molecule has 3 rings (SSSR count). The van der Waals surface area contributed by atoms with Crippen molar-refractivity contribution in [1.82, 2.24) is 0 Å². The summed E-state index contributed by atoms with van der Waals surface area (Å²) in [6, 6.07) is 9.74. The Morgan fingerprint density at radius 2 is 1.76 bits per heavy atom. The Labute approximate surface area is 156 Å². The lowest BCUT2D eigenvalue weighted by Gasteiger charge is -2.14. The summed E-state index contributed by atoms with van der Waals surface area (Å²) in [5.41, 5.74) is 4.52. The van der Waals surface area contributed by atoms with Crippen molar-refractivity contribution in [2.24, 2.45) is 0 Å². The predicted molar refractivity (Wildman–Crippen MR) is 104 cm³/mol. The van der Waals surface area contributed by atoms with Crippen LogP contribution in [-0.4, -0.2) is 34.1 Å². The number of ether oxygens (including phenoxy) is 2. The number of hydrogen-bond acceptors (Lipinski definition) is 4. The summed E-state index contributed by atoms with van der Waals surface area (Å²) in [4.78, 5) is 14.8. The maximum Gasteiger partial charge on any atom is 0.189 e. The second-order valence-electron chi connectivity index (χ2n) is 6.15. The zero-order valence-corrected chi connectivity index (χ0v) is 16.3. The van der Waals surface area contributed by atoms with Crippen molar-refractivity contribution in [3.63, 3.8) is 0 Å². The molecule has 4 nitrogen and oxygen atoms in total. The van der Waals surface area contributed by atoms with Crippen LogP contribution in [0.5, 0.6) is 11.5 Å². The van der Waals surface area contributed by atoms with Gasteiger partial charge in [-0.15, -0.1) is 0 Å². The Morgan fingerprint density at radius 3 is 2.36 bits per heavy atom. The third-order valence-corrected chi connectivity index (χ3v) is 4.96. The maximum atomic E-state index is 12.7. The molecule has 0 unspecified atom stereocenters. The smallest absolute Gasteiger partial charge is 0.189 e. The number of benzene rings is 2. The summed E-state index contributed by atoms with van der Waals surface area (Å²) in [6.45, 7) is 0. The van der Waals surface area contributed by atoms with Gasteiger partial charge >= 0.3 is 0 Å². The summed E-state index contributed by atoms with van der Waals surface area (Å²) in [6.07, 6.45) is 2.55. The molecule has 0 heterocycles. The normalized spacial score (nSPS) is 14.6.